The van der Waals surface area contributed by atoms with Crippen LogP contribution in [0.4, 0.5) is 0 Å². The first-order valence-corrected chi connectivity index (χ1v) is 17.0. The molecule has 1 saturated heterocycles. The molecule has 8 bridgehead atoms. The fraction of sp³-hybridized carbons (Fsp3) is 0.526. The molecule has 3 aromatic rings. The predicted molar refractivity (Wildman–Crippen MR) is 181 cm³/mol. The summed E-state index contributed by atoms with van der Waals surface area (Å²) < 4.78 is 0. The van der Waals surface area contributed by atoms with Crippen molar-refractivity contribution < 1.29 is 0 Å². The molecule has 0 aromatic carbocycles. The highest BCUT2D eigenvalue weighted by molar-refractivity contribution is 5.75. The standard InChI is InChI=1S/C38H54N4/c1-10-22-24(12-3)33-20-35-26(14-5)28(16-7)37(41-35)30(18-9)38-29(17-8)27(15-6)36(42-38)21-34-25(13-4)23(11-2)32(40-34)19-31(22)39-33/h19-21,26,28,39-42H,10-18H2,1-9H3. The van der Waals surface area contributed by atoms with Crippen molar-refractivity contribution in [1.82, 2.24) is 20.3 Å². The molecule has 2 unspecified atom stereocenters. The van der Waals surface area contributed by atoms with Crippen LogP contribution < -0.4 is 16.0 Å². The van der Waals surface area contributed by atoms with Gasteiger partial charge in [-0.15, -0.1) is 0 Å². The van der Waals surface area contributed by atoms with E-state index >= 15 is 0 Å². The van der Waals surface area contributed by atoms with Crippen molar-refractivity contribution >= 4 is 23.8 Å². The van der Waals surface area contributed by atoms with Crippen molar-refractivity contribution in [3.8, 4) is 0 Å². The van der Waals surface area contributed by atoms with Gasteiger partial charge in [-0.3, -0.25) is 0 Å². The molecule has 4 nitrogen and oxygen atoms in total. The van der Waals surface area contributed by atoms with E-state index in [4.69, 9.17) is 0 Å². The molecule has 0 spiro atoms. The fourth-order valence-electron chi connectivity index (χ4n) is 8.26. The molecule has 0 radical (unpaired) electrons. The highest BCUT2D eigenvalue weighted by Gasteiger charge is 2.36. The van der Waals surface area contributed by atoms with E-state index in [1.54, 1.807) is 0 Å². The summed E-state index contributed by atoms with van der Waals surface area (Å²) in [6.45, 7) is 20.9. The van der Waals surface area contributed by atoms with Crippen LogP contribution in [0.25, 0.3) is 23.8 Å². The smallest absolute Gasteiger partial charge is 0.0470 e. The van der Waals surface area contributed by atoms with E-state index in [-0.39, 0.29) is 0 Å². The Hall–Kier alpha value is -3.14. The van der Waals surface area contributed by atoms with E-state index in [0.717, 1.165) is 57.8 Å². The maximum Gasteiger partial charge on any atom is 0.0470 e. The topological polar surface area (TPSA) is 59.4 Å². The number of hydrogen-bond donors (Lipinski definition) is 4. The third-order valence-corrected chi connectivity index (χ3v) is 10.2. The minimum Gasteiger partial charge on any atom is -0.361 e. The Morgan fingerprint density at radius 1 is 0.476 bits per heavy atom. The van der Waals surface area contributed by atoms with Crippen LogP contribution in [0.5, 0.6) is 0 Å². The van der Waals surface area contributed by atoms with E-state index < -0.39 is 0 Å². The van der Waals surface area contributed by atoms with Gasteiger partial charge in [-0.05, 0) is 115 Å². The quantitative estimate of drug-likeness (QED) is 0.210. The Morgan fingerprint density at radius 3 is 1.43 bits per heavy atom. The zero-order chi connectivity index (χ0) is 30.1. The van der Waals surface area contributed by atoms with Crippen LogP contribution in [0.2, 0.25) is 0 Å². The Kier molecular flexibility index (Phi) is 9.11. The van der Waals surface area contributed by atoms with E-state index in [9.17, 15) is 0 Å². The number of aromatic nitrogens is 3. The average Bonchev–Trinajstić information content (AvgIpc) is 3.72. The van der Waals surface area contributed by atoms with Crippen LogP contribution in [0.15, 0.2) is 11.4 Å². The van der Waals surface area contributed by atoms with Gasteiger partial charge >= 0.3 is 0 Å². The lowest BCUT2D eigenvalue weighted by Crippen LogP contribution is -2.13. The first-order valence-electron chi connectivity index (χ1n) is 17.0. The third-order valence-electron chi connectivity index (χ3n) is 10.2. The van der Waals surface area contributed by atoms with Crippen LogP contribution in [0.3, 0.4) is 0 Å². The lowest BCUT2D eigenvalue weighted by Gasteiger charge is -2.19. The molecule has 0 amide bonds. The minimum absolute atomic E-state index is 0.494. The normalized spacial score (nSPS) is 18.2. The first-order chi connectivity index (χ1) is 20.4. The predicted octanol–water partition coefficient (Wildman–Crippen LogP) is 7.83. The van der Waals surface area contributed by atoms with Gasteiger partial charge < -0.3 is 20.3 Å². The molecule has 3 aromatic heterocycles. The van der Waals surface area contributed by atoms with Gasteiger partial charge in [-0.25, -0.2) is 0 Å². The zero-order valence-corrected chi connectivity index (χ0v) is 27.8. The molecule has 0 saturated carbocycles. The van der Waals surface area contributed by atoms with Crippen molar-refractivity contribution in [2.24, 2.45) is 11.8 Å². The Morgan fingerprint density at radius 2 is 0.952 bits per heavy atom. The Bertz CT molecular complexity index is 1630. The van der Waals surface area contributed by atoms with Crippen LogP contribution in [-0.4, -0.2) is 15.0 Å². The SMILES string of the molecule is CCC1=C2NC(=Cc3[nH]c(c(CC)c3CC)C=c3[nH]c(c(CC)c3CC)=Cc3[nH]c1c(CC)c3CC)C(CC)C2CC. The molecular weight excluding hydrogens is 512 g/mol. The van der Waals surface area contributed by atoms with E-state index in [0.29, 0.717) is 11.8 Å². The molecular formula is C38H54N4. The van der Waals surface area contributed by atoms with Crippen molar-refractivity contribution in [1.29, 1.82) is 0 Å². The van der Waals surface area contributed by atoms with Gasteiger partial charge in [0.05, 0.1) is 0 Å². The second kappa shape index (κ2) is 12.6. The van der Waals surface area contributed by atoms with Gasteiger partial charge in [-0.1, -0.05) is 62.3 Å². The molecule has 5 heterocycles. The number of nitrogens with one attached hydrogen (secondary N) is 4. The molecule has 2 aliphatic rings. The summed E-state index contributed by atoms with van der Waals surface area (Å²) in [6.07, 6.45) is 16.7. The zero-order valence-electron chi connectivity index (χ0n) is 27.8. The molecule has 4 N–H and O–H groups in total. The second-order valence-corrected chi connectivity index (χ2v) is 12.1. The lowest BCUT2D eigenvalue weighted by atomic mass is 9.84. The monoisotopic (exact) mass is 566 g/mol. The number of H-pyrrole nitrogens is 3. The number of aromatic amines is 3. The van der Waals surface area contributed by atoms with E-state index in [1.165, 1.54) is 83.8 Å². The summed E-state index contributed by atoms with van der Waals surface area (Å²) in [5.41, 5.74) is 18.2. The number of hydrogen-bond acceptors (Lipinski definition) is 1. The van der Waals surface area contributed by atoms with Gasteiger partial charge in [0, 0.05) is 56.7 Å². The Balaban J connectivity index is 1.96. The van der Waals surface area contributed by atoms with E-state index in [1.807, 2.05) is 0 Å². The summed E-state index contributed by atoms with van der Waals surface area (Å²) >= 11 is 0. The van der Waals surface area contributed by atoms with Gasteiger partial charge in [0.1, 0.15) is 0 Å². The third kappa shape index (κ3) is 4.85. The van der Waals surface area contributed by atoms with Gasteiger partial charge in [0.2, 0.25) is 0 Å². The molecule has 0 aliphatic carbocycles. The minimum atomic E-state index is 0.494. The van der Waals surface area contributed by atoms with Crippen molar-refractivity contribution in [2.45, 2.75) is 120 Å². The summed E-state index contributed by atoms with van der Waals surface area (Å²) in [7, 11) is 0. The molecule has 1 fully saturated rings. The summed E-state index contributed by atoms with van der Waals surface area (Å²) in [4.78, 5) is 11.8. The summed E-state index contributed by atoms with van der Waals surface area (Å²) in [6, 6.07) is 0. The number of rotatable bonds is 9. The summed E-state index contributed by atoms with van der Waals surface area (Å²) in [5, 5.41) is 6.56. The van der Waals surface area contributed by atoms with E-state index in [2.05, 4.69) is 101 Å². The van der Waals surface area contributed by atoms with Gasteiger partial charge in [0.25, 0.3) is 0 Å². The van der Waals surface area contributed by atoms with Crippen molar-refractivity contribution in [3.63, 3.8) is 0 Å². The van der Waals surface area contributed by atoms with Gasteiger partial charge in [0.15, 0.2) is 0 Å². The fourth-order valence-corrected chi connectivity index (χ4v) is 8.26. The maximum absolute atomic E-state index is 4.06. The number of fused-ring (bicyclic) bond motifs is 8. The lowest BCUT2D eigenvalue weighted by molar-refractivity contribution is 0.451. The number of allylic oxidation sites excluding steroid dienone is 3. The van der Waals surface area contributed by atoms with Crippen LogP contribution in [0, 0.1) is 11.8 Å². The molecule has 5 rings (SSSR count). The van der Waals surface area contributed by atoms with Crippen molar-refractivity contribution in [2.75, 3.05) is 0 Å². The molecule has 42 heavy (non-hydrogen) atoms. The van der Waals surface area contributed by atoms with Crippen LogP contribution in [0.1, 0.15) is 138 Å². The molecule has 2 atom stereocenters. The second-order valence-electron chi connectivity index (χ2n) is 12.1. The summed E-state index contributed by atoms with van der Waals surface area (Å²) in [5.74, 6) is 0.993. The molecule has 4 heteroatoms. The van der Waals surface area contributed by atoms with Crippen LogP contribution in [-0.2, 0) is 38.5 Å². The van der Waals surface area contributed by atoms with Crippen LogP contribution >= 0.6 is 0 Å². The average molecular weight is 567 g/mol. The highest BCUT2D eigenvalue weighted by atomic mass is 15.0. The Labute approximate surface area is 253 Å². The molecule has 2 aliphatic heterocycles. The highest BCUT2D eigenvalue weighted by Crippen LogP contribution is 2.43. The molecule has 226 valence electrons. The largest absolute Gasteiger partial charge is 0.361 e. The van der Waals surface area contributed by atoms with Crippen molar-refractivity contribution in [3.05, 3.63) is 78.2 Å². The van der Waals surface area contributed by atoms with Gasteiger partial charge in [-0.2, -0.15) is 0 Å². The maximum atomic E-state index is 4.06. The first kappa shape index (κ1) is 30.3.